The molecular weight excluding hydrogens is 212 g/mol. The van der Waals surface area contributed by atoms with Crippen LogP contribution in [0.2, 0.25) is 0 Å². The number of Topliss-reactive ketones (excluding diaryl/α,β-unsaturated/α-hetero) is 2. The smallest absolute Gasteiger partial charge is 0.220 e. The molecule has 0 atom stereocenters. The summed E-state index contributed by atoms with van der Waals surface area (Å²) in [6, 6.07) is 0. The Bertz CT molecular complexity index is 377. The standard InChI is InChI=1S/C11H12O5/c1-4-5-6(12)7-8(13)10(15-2)11(16-3)9(7)14/h4-5,7H,1-3H3/b5-4+. The van der Waals surface area contributed by atoms with Crippen LogP contribution in [0.3, 0.4) is 0 Å². The molecule has 0 spiro atoms. The van der Waals surface area contributed by atoms with Gasteiger partial charge in [-0.2, -0.15) is 0 Å². The Balaban J connectivity index is 3.10. The summed E-state index contributed by atoms with van der Waals surface area (Å²) in [5.74, 6) is -3.56. The van der Waals surface area contributed by atoms with Gasteiger partial charge in [-0.15, -0.1) is 0 Å². The van der Waals surface area contributed by atoms with Gasteiger partial charge in [-0.05, 0) is 13.0 Å². The first-order chi connectivity index (χ1) is 7.58. The zero-order chi connectivity index (χ0) is 12.3. The number of hydrogen-bond donors (Lipinski definition) is 0. The van der Waals surface area contributed by atoms with Gasteiger partial charge in [-0.25, -0.2) is 0 Å². The van der Waals surface area contributed by atoms with Crippen LogP contribution in [0.5, 0.6) is 0 Å². The van der Waals surface area contributed by atoms with Gasteiger partial charge in [0.15, 0.2) is 11.7 Å². The third-order valence-electron chi connectivity index (χ3n) is 2.20. The van der Waals surface area contributed by atoms with Crippen molar-refractivity contribution in [2.75, 3.05) is 14.2 Å². The lowest BCUT2D eigenvalue weighted by Crippen LogP contribution is -2.26. The number of carbonyl (C=O) groups is 3. The Labute approximate surface area is 92.7 Å². The minimum absolute atomic E-state index is 0.185. The summed E-state index contributed by atoms with van der Waals surface area (Å²) >= 11 is 0. The maximum Gasteiger partial charge on any atom is 0.220 e. The van der Waals surface area contributed by atoms with Crippen molar-refractivity contribution in [2.24, 2.45) is 5.92 Å². The molecule has 0 saturated heterocycles. The molecule has 1 aliphatic rings. The lowest BCUT2D eigenvalue weighted by Gasteiger charge is -2.01. The van der Waals surface area contributed by atoms with E-state index < -0.39 is 23.3 Å². The maximum absolute atomic E-state index is 11.7. The molecule has 86 valence electrons. The fourth-order valence-corrected chi connectivity index (χ4v) is 1.51. The molecule has 0 saturated carbocycles. The summed E-state index contributed by atoms with van der Waals surface area (Å²) in [5.41, 5.74) is 0. The van der Waals surface area contributed by atoms with E-state index in [0.717, 1.165) is 0 Å². The third-order valence-corrected chi connectivity index (χ3v) is 2.20. The molecule has 0 fully saturated rings. The van der Waals surface area contributed by atoms with Gasteiger partial charge >= 0.3 is 0 Å². The number of ether oxygens (including phenoxy) is 2. The van der Waals surface area contributed by atoms with Gasteiger partial charge in [0.05, 0.1) is 14.2 Å². The van der Waals surface area contributed by atoms with Gasteiger partial charge in [-0.3, -0.25) is 14.4 Å². The highest BCUT2D eigenvalue weighted by atomic mass is 16.5. The largest absolute Gasteiger partial charge is 0.490 e. The van der Waals surface area contributed by atoms with E-state index in [1.807, 2.05) is 0 Å². The monoisotopic (exact) mass is 224 g/mol. The first-order valence-corrected chi connectivity index (χ1v) is 4.65. The van der Waals surface area contributed by atoms with Crippen LogP contribution in [0.1, 0.15) is 6.92 Å². The highest BCUT2D eigenvalue weighted by Crippen LogP contribution is 2.26. The summed E-state index contributed by atoms with van der Waals surface area (Å²) in [7, 11) is 2.50. The summed E-state index contributed by atoms with van der Waals surface area (Å²) in [6.45, 7) is 1.63. The minimum atomic E-state index is -1.35. The van der Waals surface area contributed by atoms with Gasteiger partial charge in [-0.1, -0.05) is 6.08 Å². The zero-order valence-electron chi connectivity index (χ0n) is 9.27. The lowest BCUT2D eigenvalue weighted by molar-refractivity contribution is -0.134. The van der Waals surface area contributed by atoms with Crippen LogP contribution in [0.25, 0.3) is 0 Å². The Morgan fingerprint density at radius 3 is 1.88 bits per heavy atom. The molecule has 0 N–H and O–H groups in total. The summed E-state index contributed by atoms with van der Waals surface area (Å²) < 4.78 is 9.53. The van der Waals surface area contributed by atoms with E-state index in [4.69, 9.17) is 9.47 Å². The highest BCUT2D eigenvalue weighted by molar-refractivity contribution is 6.34. The van der Waals surface area contributed by atoms with Crippen LogP contribution >= 0.6 is 0 Å². The van der Waals surface area contributed by atoms with E-state index in [1.165, 1.54) is 26.4 Å². The molecule has 0 aromatic heterocycles. The van der Waals surface area contributed by atoms with Crippen molar-refractivity contribution in [3.8, 4) is 0 Å². The average molecular weight is 224 g/mol. The maximum atomic E-state index is 11.7. The first-order valence-electron chi connectivity index (χ1n) is 4.65. The quantitative estimate of drug-likeness (QED) is 0.510. The molecule has 0 radical (unpaired) electrons. The summed E-state index contributed by atoms with van der Waals surface area (Å²) in [4.78, 5) is 34.9. The second-order valence-corrected chi connectivity index (χ2v) is 3.13. The number of hydrogen-bond acceptors (Lipinski definition) is 5. The van der Waals surface area contributed by atoms with Crippen molar-refractivity contribution in [1.29, 1.82) is 0 Å². The number of ketones is 3. The Morgan fingerprint density at radius 2 is 1.56 bits per heavy atom. The van der Waals surface area contributed by atoms with E-state index in [0.29, 0.717) is 0 Å². The minimum Gasteiger partial charge on any atom is -0.490 e. The van der Waals surface area contributed by atoms with Gasteiger partial charge in [0.1, 0.15) is 0 Å². The van der Waals surface area contributed by atoms with Crippen molar-refractivity contribution in [1.82, 2.24) is 0 Å². The molecule has 5 heteroatoms. The van der Waals surface area contributed by atoms with Crippen LogP contribution in [0, 0.1) is 5.92 Å². The van der Waals surface area contributed by atoms with Crippen molar-refractivity contribution in [2.45, 2.75) is 6.92 Å². The van der Waals surface area contributed by atoms with E-state index >= 15 is 0 Å². The van der Waals surface area contributed by atoms with E-state index in [2.05, 4.69) is 0 Å². The summed E-state index contributed by atoms with van der Waals surface area (Å²) in [6.07, 6.45) is 2.66. The van der Waals surface area contributed by atoms with Crippen LogP contribution in [-0.4, -0.2) is 31.6 Å². The normalized spacial score (nSPS) is 17.4. The van der Waals surface area contributed by atoms with Crippen LogP contribution in [0.4, 0.5) is 0 Å². The topological polar surface area (TPSA) is 69.7 Å². The Kier molecular flexibility index (Phi) is 3.60. The van der Waals surface area contributed by atoms with Crippen LogP contribution < -0.4 is 0 Å². The number of rotatable bonds is 4. The Morgan fingerprint density at radius 1 is 1.12 bits per heavy atom. The average Bonchev–Trinajstić information content (AvgIpc) is 2.49. The molecule has 1 aliphatic carbocycles. The van der Waals surface area contributed by atoms with Gasteiger partial charge in [0.25, 0.3) is 0 Å². The van der Waals surface area contributed by atoms with Gasteiger partial charge < -0.3 is 9.47 Å². The first kappa shape index (κ1) is 12.2. The van der Waals surface area contributed by atoms with E-state index in [9.17, 15) is 14.4 Å². The van der Waals surface area contributed by atoms with Crippen LogP contribution in [0.15, 0.2) is 23.7 Å². The fraction of sp³-hybridized carbons (Fsp3) is 0.364. The number of methoxy groups -OCH3 is 2. The Hall–Kier alpha value is -1.91. The van der Waals surface area contributed by atoms with Gasteiger partial charge in [0, 0.05) is 0 Å². The molecule has 5 nitrogen and oxygen atoms in total. The number of allylic oxidation sites excluding steroid dienone is 4. The van der Waals surface area contributed by atoms with Gasteiger partial charge in [0.2, 0.25) is 23.1 Å². The molecule has 0 amide bonds. The van der Waals surface area contributed by atoms with E-state index in [-0.39, 0.29) is 11.5 Å². The molecular formula is C11H12O5. The third kappa shape index (κ3) is 1.76. The fourth-order valence-electron chi connectivity index (χ4n) is 1.51. The predicted octanol–water partition coefficient (Wildman–Crippen LogP) is 0.404. The molecule has 0 unspecified atom stereocenters. The molecule has 1 rings (SSSR count). The highest BCUT2D eigenvalue weighted by Gasteiger charge is 2.46. The second kappa shape index (κ2) is 4.74. The molecule has 0 aromatic carbocycles. The molecule has 0 heterocycles. The van der Waals surface area contributed by atoms with Crippen molar-refractivity contribution in [3.63, 3.8) is 0 Å². The molecule has 16 heavy (non-hydrogen) atoms. The molecule has 0 aliphatic heterocycles. The predicted molar refractivity (Wildman–Crippen MR) is 54.4 cm³/mol. The molecule has 0 aromatic rings. The second-order valence-electron chi connectivity index (χ2n) is 3.13. The zero-order valence-corrected chi connectivity index (χ0v) is 9.27. The van der Waals surface area contributed by atoms with Crippen LogP contribution in [-0.2, 0) is 23.9 Å². The molecule has 0 bridgehead atoms. The summed E-state index contributed by atoms with van der Waals surface area (Å²) in [5, 5.41) is 0. The van der Waals surface area contributed by atoms with Crippen molar-refractivity contribution < 1.29 is 23.9 Å². The van der Waals surface area contributed by atoms with E-state index in [1.54, 1.807) is 6.92 Å². The van der Waals surface area contributed by atoms with Crippen molar-refractivity contribution in [3.05, 3.63) is 23.7 Å². The number of carbonyl (C=O) groups excluding carboxylic acids is 3. The van der Waals surface area contributed by atoms with Crippen molar-refractivity contribution >= 4 is 17.3 Å². The SMILES string of the molecule is C/C=C/C(=O)C1C(=O)C(OC)=C(OC)C1=O. The lowest BCUT2D eigenvalue weighted by atomic mass is 9.99.